The predicted molar refractivity (Wildman–Crippen MR) is 83.5 cm³/mol. The molecular weight excluding hydrogens is 260 g/mol. The van der Waals surface area contributed by atoms with E-state index in [2.05, 4.69) is 17.0 Å². The zero-order valence-corrected chi connectivity index (χ0v) is 11.6. The van der Waals surface area contributed by atoms with Crippen LogP contribution in [0.25, 0.3) is 11.3 Å². The van der Waals surface area contributed by atoms with Crippen LogP contribution in [0.1, 0.15) is 16.9 Å². The molecule has 0 aliphatic carbocycles. The van der Waals surface area contributed by atoms with Crippen molar-refractivity contribution in [2.24, 2.45) is 0 Å². The molecular formula is C18H14N2O. The molecule has 3 nitrogen and oxygen atoms in total. The number of aryl methyl sites for hydroxylation is 1. The summed E-state index contributed by atoms with van der Waals surface area (Å²) in [6.07, 6.45) is 0. The Balaban J connectivity index is 2.05. The van der Waals surface area contributed by atoms with E-state index >= 15 is 0 Å². The summed E-state index contributed by atoms with van der Waals surface area (Å²) in [6.45, 7) is 1.86. The Bertz CT molecular complexity index is 823. The fourth-order valence-electron chi connectivity index (χ4n) is 2.05. The van der Waals surface area contributed by atoms with E-state index in [9.17, 15) is 0 Å². The highest BCUT2D eigenvalue weighted by atomic mass is 16.5. The maximum atomic E-state index is 5.91. The Morgan fingerprint density at radius 1 is 0.952 bits per heavy atom. The number of benzene rings is 2. The number of aromatic nitrogens is 1. The van der Waals surface area contributed by atoms with Gasteiger partial charge >= 0.3 is 0 Å². The Morgan fingerprint density at radius 3 is 2.43 bits per heavy atom. The molecule has 0 saturated carbocycles. The van der Waals surface area contributed by atoms with Crippen molar-refractivity contribution in [1.82, 2.24) is 5.16 Å². The highest BCUT2D eigenvalue weighted by Crippen LogP contribution is 2.24. The number of nitrogens with two attached hydrogens (primary N) is 1. The topological polar surface area (TPSA) is 52.0 Å². The van der Waals surface area contributed by atoms with Gasteiger partial charge in [-0.3, -0.25) is 0 Å². The van der Waals surface area contributed by atoms with Crippen molar-refractivity contribution < 1.29 is 4.52 Å². The number of anilines is 1. The zero-order valence-electron chi connectivity index (χ0n) is 11.6. The van der Waals surface area contributed by atoms with Gasteiger partial charge in [0.25, 0.3) is 0 Å². The highest BCUT2D eigenvalue weighted by Gasteiger charge is 2.12. The Morgan fingerprint density at radius 2 is 1.67 bits per heavy atom. The number of nitrogens with zero attached hydrogens (tertiary/aromatic N) is 1. The van der Waals surface area contributed by atoms with Gasteiger partial charge in [-0.15, -0.1) is 0 Å². The molecule has 0 aliphatic rings. The van der Waals surface area contributed by atoms with Crippen LogP contribution < -0.4 is 5.73 Å². The van der Waals surface area contributed by atoms with Gasteiger partial charge in [-0.1, -0.05) is 59.5 Å². The molecule has 0 atom stereocenters. The minimum atomic E-state index is 0.667. The fourth-order valence-corrected chi connectivity index (χ4v) is 2.05. The number of hydrogen-bond donors (Lipinski definition) is 1. The van der Waals surface area contributed by atoms with Gasteiger partial charge in [0, 0.05) is 16.8 Å². The largest absolute Gasteiger partial charge is 0.398 e. The first-order valence-corrected chi connectivity index (χ1v) is 6.64. The van der Waals surface area contributed by atoms with Gasteiger partial charge in [0.1, 0.15) is 11.5 Å². The van der Waals surface area contributed by atoms with Crippen molar-refractivity contribution in [2.75, 3.05) is 5.73 Å². The summed E-state index contributed by atoms with van der Waals surface area (Å²) in [5, 5.41) is 4.11. The van der Waals surface area contributed by atoms with Gasteiger partial charge < -0.3 is 10.3 Å². The van der Waals surface area contributed by atoms with Gasteiger partial charge in [0.15, 0.2) is 0 Å². The third-order valence-corrected chi connectivity index (χ3v) is 3.19. The molecule has 0 saturated heterocycles. The number of nitrogen functional groups attached to an aromatic ring is 1. The van der Waals surface area contributed by atoms with Crippen molar-refractivity contribution in [3.05, 3.63) is 71.5 Å². The van der Waals surface area contributed by atoms with Crippen LogP contribution in [0.15, 0.2) is 59.1 Å². The molecule has 3 aromatic rings. The lowest BCUT2D eigenvalue weighted by molar-refractivity contribution is 0.399. The summed E-state index contributed by atoms with van der Waals surface area (Å²) in [4.78, 5) is 0. The van der Waals surface area contributed by atoms with Crippen LogP contribution in [-0.4, -0.2) is 5.16 Å². The lowest BCUT2D eigenvalue weighted by Gasteiger charge is -1.97. The monoisotopic (exact) mass is 274 g/mol. The van der Waals surface area contributed by atoms with E-state index in [-0.39, 0.29) is 0 Å². The van der Waals surface area contributed by atoms with E-state index in [4.69, 9.17) is 10.3 Å². The molecule has 0 spiro atoms. The summed E-state index contributed by atoms with van der Waals surface area (Å²) in [7, 11) is 0. The Kier molecular flexibility index (Phi) is 3.44. The lowest BCUT2D eigenvalue weighted by atomic mass is 10.1. The molecule has 0 radical (unpaired) electrons. The molecule has 102 valence electrons. The first-order chi connectivity index (χ1) is 10.3. The molecule has 1 aromatic heterocycles. The van der Waals surface area contributed by atoms with Crippen molar-refractivity contribution >= 4 is 5.69 Å². The van der Waals surface area contributed by atoms with E-state index in [1.165, 1.54) is 0 Å². The van der Waals surface area contributed by atoms with E-state index in [0.717, 1.165) is 22.4 Å². The van der Waals surface area contributed by atoms with Crippen LogP contribution >= 0.6 is 0 Å². The molecule has 3 heteroatoms. The molecule has 2 aromatic carbocycles. The molecule has 1 heterocycles. The molecule has 2 N–H and O–H groups in total. The second-order valence-corrected chi connectivity index (χ2v) is 4.67. The van der Waals surface area contributed by atoms with E-state index in [1.807, 2.05) is 61.5 Å². The maximum absolute atomic E-state index is 5.91. The van der Waals surface area contributed by atoms with E-state index in [0.29, 0.717) is 11.4 Å². The summed E-state index contributed by atoms with van der Waals surface area (Å²) in [5.74, 6) is 6.93. The molecule has 0 fully saturated rings. The first kappa shape index (κ1) is 13.0. The second kappa shape index (κ2) is 5.56. The SMILES string of the molecule is Cc1onc(-c2ccccc2)c1C#Cc1ccccc1N. The van der Waals surface area contributed by atoms with Gasteiger partial charge in [-0.2, -0.15) is 0 Å². The average Bonchev–Trinajstić information content (AvgIpc) is 2.88. The van der Waals surface area contributed by atoms with Crippen LogP contribution in [0.3, 0.4) is 0 Å². The lowest BCUT2D eigenvalue weighted by Crippen LogP contribution is -1.89. The van der Waals surface area contributed by atoms with Crippen molar-refractivity contribution in [3.63, 3.8) is 0 Å². The summed E-state index contributed by atoms with van der Waals surface area (Å²) < 4.78 is 5.28. The van der Waals surface area contributed by atoms with Gasteiger partial charge in [-0.05, 0) is 19.1 Å². The third kappa shape index (κ3) is 2.65. The van der Waals surface area contributed by atoms with Crippen LogP contribution in [0, 0.1) is 18.8 Å². The molecule has 0 bridgehead atoms. The van der Waals surface area contributed by atoms with E-state index in [1.54, 1.807) is 0 Å². The summed E-state index contributed by atoms with van der Waals surface area (Å²) in [6, 6.07) is 17.4. The van der Waals surface area contributed by atoms with E-state index < -0.39 is 0 Å². The maximum Gasteiger partial charge on any atom is 0.149 e. The third-order valence-electron chi connectivity index (χ3n) is 3.19. The highest BCUT2D eigenvalue weighted by molar-refractivity contribution is 5.69. The minimum Gasteiger partial charge on any atom is -0.398 e. The molecule has 0 aliphatic heterocycles. The number of para-hydroxylation sites is 1. The van der Waals surface area contributed by atoms with Crippen molar-refractivity contribution in [2.45, 2.75) is 6.92 Å². The Labute approximate surface area is 123 Å². The predicted octanol–water partition coefficient (Wildman–Crippen LogP) is 3.63. The standard InChI is InChI=1S/C18H14N2O/c1-13-16(12-11-14-7-5-6-10-17(14)19)18(20-21-13)15-8-3-2-4-9-15/h2-10H,19H2,1H3. The van der Waals surface area contributed by atoms with Crippen LogP contribution in [0.5, 0.6) is 0 Å². The molecule has 0 amide bonds. The average molecular weight is 274 g/mol. The summed E-state index contributed by atoms with van der Waals surface area (Å²) in [5.41, 5.74) is 9.92. The Hall–Kier alpha value is -2.99. The number of hydrogen-bond acceptors (Lipinski definition) is 3. The number of rotatable bonds is 1. The first-order valence-electron chi connectivity index (χ1n) is 6.64. The smallest absolute Gasteiger partial charge is 0.149 e. The van der Waals surface area contributed by atoms with Crippen LogP contribution in [0.2, 0.25) is 0 Å². The second-order valence-electron chi connectivity index (χ2n) is 4.67. The van der Waals surface area contributed by atoms with Gasteiger partial charge in [0.2, 0.25) is 0 Å². The minimum absolute atomic E-state index is 0.667. The molecule has 3 rings (SSSR count). The fraction of sp³-hybridized carbons (Fsp3) is 0.0556. The van der Waals surface area contributed by atoms with Crippen LogP contribution in [0.4, 0.5) is 5.69 Å². The van der Waals surface area contributed by atoms with Gasteiger partial charge in [0.05, 0.1) is 5.56 Å². The van der Waals surface area contributed by atoms with Crippen LogP contribution in [-0.2, 0) is 0 Å². The molecule has 0 unspecified atom stereocenters. The van der Waals surface area contributed by atoms with Crippen molar-refractivity contribution in [1.29, 1.82) is 0 Å². The summed E-state index contributed by atoms with van der Waals surface area (Å²) >= 11 is 0. The molecule has 21 heavy (non-hydrogen) atoms. The van der Waals surface area contributed by atoms with Gasteiger partial charge in [-0.25, -0.2) is 0 Å². The quantitative estimate of drug-likeness (QED) is 0.544. The normalized spacial score (nSPS) is 9.95. The van der Waals surface area contributed by atoms with Crippen molar-refractivity contribution in [3.8, 4) is 23.1 Å². The zero-order chi connectivity index (χ0) is 14.7.